The summed E-state index contributed by atoms with van der Waals surface area (Å²) in [4.78, 5) is 0. The van der Waals surface area contributed by atoms with Gasteiger partial charge in [-0.3, -0.25) is 0 Å². The van der Waals surface area contributed by atoms with E-state index in [0.717, 1.165) is 5.75 Å². The summed E-state index contributed by atoms with van der Waals surface area (Å²) in [6.45, 7) is 7.05. The van der Waals surface area contributed by atoms with E-state index in [1.165, 1.54) is 63.0 Å². The van der Waals surface area contributed by atoms with Gasteiger partial charge >= 0.3 is 184 Å². The van der Waals surface area contributed by atoms with Crippen molar-refractivity contribution in [2.45, 2.75) is 72.6 Å². The summed E-state index contributed by atoms with van der Waals surface area (Å²) in [5, 5.41) is 0. The van der Waals surface area contributed by atoms with Crippen molar-refractivity contribution < 1.29 is 4.74 Å². The van der Waals surface area contributed by atoms with Gasteiger partial charge in [0, 0.05) is 0 Å². The van der Waals surface area contributed by atoms with Gasteiger partial charge in [-0.1, -0.05) is 0 Å². The molecule has 1 nitrogen and oxygen atoms in total. The summed E-state index contributed by atoms with van der Waals surface area (Å²) in [5.41, 5.74) is 2.79. The van der Waals surface area contributed by atoms with E-state index in [0.29, 0.717) is 0 Å². The number of methoxy groups -OCH3 is 1. The third-order valence-corrected chi connectivity index (χ3v) is 21.8. The Morgan fingerprint density at radius 1 is 0.759 bits per heavy atom. The van der Waals surface area contributed by atoms with Crippen molar-refractivity contribution in [3.05, 3.63) is 65.7 Å². The number of hydrogen-bond acceptors (Lipinski definition) is 1. The van der Waals surface area contributed by atoms with Gasteiger partial charge in [0.2, 0.25) is 0 Å². The molecule has 29 heavy (non-hydrogen) atoms. The molecule has 0 aliphatic heterocycles. The average Bonchev–Trinajstić information content (AvgIpc) is 2.78. The normalized spacial score (nSPS) is 12.2. The first-order valence-corrected chi connectivity index (χ1v) is 19.1. The maximum atomic E-state index is 5.45. The van der Waals surface area contributed by atoms with Gasteiger partial charge in [-0.25, -0.2) is 0 Å². The molecule has 0 aliphatic carbocycles. The molecule has 0 fully saturated rings. The van der Waals surface area contributed by atoms with E-state index in [2.05, 4.69) is 81.4 Å². The van der Waals surface area contributed by atoms with Crippen molar-refractivity contribution >= 4 is 28.0 Å². The zero-order valence-corrected chi connectivity index (χ0v) is 21.9. The topological polar surface area (TPSA) is 9.23 Å². The Morgan fingerprint density at radius 3 is 1.72 bits per heavy atom. The van der Waals surface area contributed by atoms with Crippen LogP contribution in [0.3, 0.4) is 0 Å². The number of rotatable bonds is 13. The molecule has 0 amide bonds. The summed E-state index contributed by atoms with van der Waals surface area (Å²) in [7, 11) is 1.75. The molecule has 2 heteroatoms. The van der Waals surface area contributed by atoms with E-state index in [1.807, 2.05) is 0 Å². The zero-order chi connectivity index (χ0) is 21.0. The van der Waals surface area contributed by atoms with Gasteiger partial charge in [-0.15, -0.1) is 0 Å². The van der Waals surface area contributed by atoms with Crippen LogP contribution < -0.4 is 4.74 Å². The van der Waals surface area contributed by atoms with Crippen LogP contribution in [-0.4, -0.2) is 25.5 Å². The minimum absolute atomic E-state index is 0.948. The second kappa shape index (κ2) is 13.2. The molecule has 2 aromatic carbocycles. The minimum atomic E-state index is -2.57. The van der Waals surface area contributed by atoms with E-state index < -0.39 is 18.4 Å². The van der Waals surface area contributed by atoms with Gasteiger partial charge in [0.05, 0.1) is 0 Å². The molecular formula is C27H40OSn. The van der Waals surface area contributed by atoms with Crippen LogP contribution in [0.4, 0.5) is 0 Å². The van der Waals surface area contributed by atoms with Crippen LogP contribution in [0.15, 0.2) is 54.6 Å². The van der Waals surface area contributed by atoms with Gasteiger partial charge in [0.15, 0.2) is 0 Å². The fourth-order valence-corrected chi connectivity index (χ4v) is 21.2. The first kappa shape index (κ1) is 24.1. The monoisotopic (exact) mass is 500 g/mol. The number of benzene rings is 2. The molecule has 2 aromatic rings. The fourth-order valence-electron chi connectivity index (χ4n) is 4.35. The molecule has 2 rings (SSSR count). The quantitative estimate of drug-likeness (QED) is 0.198. The van der Waals surface area contributed by atoms with Crippen molar-refractivity contribution in [2.75, 3.05) is 7.11 Å². The molecule has 0 aromatic heterocycles. The van der Waals surface area contributed by atoms with Crippen LogP contribution in [0, 0.1) is 0 Å². The number of ether oxygens (including phenoxy) is 1. The molecule has 0 N–H and O–H groups in total. The van der Waals surface area contributed by atoms with Crippen molar-refractivity contribution in [2.24, 2.45) is 0 Å². The molecule has 0 atom stereocenters. The fraction of sp³-hybridized carbons (Fsp3) is 0.481. The molecule has 0 spiro atoms. The molecule has 0 heterocycles. The number of unbranched alkanes of at least 4 members (excludes halogenated alkanes) is 3. The van der Waals surface area contributed by atoms with E-state index >= 15 is 0 Å². The summed E-state index contributed by atoms with van der Waals surface area (Å²) < 4.78 is 11.6. The average molecular weight is 499 g/mol. The van der Waals surface area contributed by atoms with E-state index in [9.17, 15) is 0 Å². The second-order valence-corrected chi connectivity index (χ2v) is 21.4. The van der Waals surface area contributed by atoms with Gasteiger partial charge in [0.25, 0.3) is 0 Å². The van der Waals surface area contributed by atoms with Crippen molar-refractivity contribution in [3.8, 4) is 5.75 Å². The first-order chi connectivity index (χ1) is 14.2. The Morgan fingerprint density at radius 2 is 1.28 bits per heavy atom. The van der Waals surface area contributed by atoms with Crippen molar-refractivity contribution in [3.63, 3.8) is 0 Å². The Labute approximate surface area is 183 Å². The molecule has 0 saturated heterocycles. The summed E-state index contributed by atoms with van der Waals surface area (Å²) in [6, 6.07) is 19.9. The molecule has 0 bridgehead atoms. The Hall–Kier alpha value is -1.22. The summed E-state index contributed by atoms with van der Waals surface area (Å²) in [5.74, 6) is 0.948. The van der Waals surface area contributed by atoms with Gasteiger partial charge in [-0.2, -0.15) is 0 Å². The van der Waals surface area contributed by atoms with E-state index in [4.69, 9.17) is 4.74 Å². The van der Waals surface area contributed by atoms with Crippen LogP contribution in [-0.2, 0) is 0 Å². The van der Waals surface area contributed by atoms with Gasteiger partial charge in [0.1, 0.15) is 0 Å². The van der Waals surface area contributed by atoms with E-state index in [1.54, 1.807) is 10.7 Å². The molecule has 0 unspecified atom stereocenters. The Kier molecular flexibility index (Phi) is 10.9. The van der Waals surface area contributed by atoms with Gasteiger partial charge < -0.3 is 0 Å². The predicted molar refractivity (Wildman–Crippen MR) is 132 cm³/mol. The summed E-state index contributed by atoms with van der Waals surface area (Å²) >= 11 is -2.57. The Balaban J connectivity index is 2.60. The van der Waals surface area contributed by atoms with Crippen molar-refractivity contribution in [1.82, 2.24) is 0 Å². The first-order valence-electron chi connectivity index (χ1n) is 11.6. The molecule has 0 aliphatic rings. The van der Waals surface area contributed by atoms with Gasteiger partial charge in [-0.05, 0) is 0 Å². The number of hydrogen-bond donors (Lipinski definition) is 0. The van der Waals surface area contributed by atoms with Crippen molar-refractivity contribution in [1.29, 1.82) is 0 Å². The third-order valence-electron chi connectivity index (χ3n) is 6.11. The molecular weight excluding hydrogens is 459 g/mol. The zero-order valence-electron chi connectivity index (χ0n) is 19.0. The van der Waals surface area contributed by atoms with E-state index in [-0.39, 0.29) is 0 Å². The predicted octanol–water partition coefficient (Wildman–Crippen LogP) is 8.62. The maximum absolute atomic E-state index is 5.45. The van der Waals surface area contributed by atoms with Crippen LogP contribution >= 0.6 is 0 Å². The second-order valence-electron chi connectivity index (χ2n) is 8.29. The molecule has 0 radical (unpaired) electrons. The third kappa shape index (κ3) is 7.20. The van der Waals surface area contributed by atoms with Crippen LogP contribution in [0.1, 0.15) is 70.4 Å². The standard InChI is InChI=1S/C15H13O.3C4H9.Sn/c1-16-15-11-9-14(10-12-15)8-7-13-5-3-2-4-6-13;3*1-3-4-2;/h2-7,9-12H,1H3;3*1,3-4H2,2H3;. The van der Waals surface area contributed by atoms with Crippen LogP contribution in [0.25, 0.3) is 9.67 Å². The SMILES string of the molecule is CCC[CH2][Sn]([CH2]CCC)([CH2]CCC)/[C](=C/c1ccccc1)c1ccc(OC)cc1. The van der Waals surface area contributed by atoms with Crippen LogP contribution in [0.5, 0.6) is 5.75 Å². The Bertz CT molecular complexity index is 696. The molecule has 0 saturated carbocycles. The molecule has 158 valence electrons. The van der Waals surface area contributed by atoms with Crippen LogP contribution in [0.2, 0.25) is 13.3 Å². The summed E-state index contributed by atoms with van der Waals surface area (Å²) in [6.07, 6.45) is 10.6.